The minimum atomic E-state index is -4.96. The molecule has 0 aromatic heterocycles. The van der Waals surface area contributed by atoms with Crippen molar-refractivity contribution in [3.05, 3.63) is 0 Å². The summed E-state index contributed by atoms with van der Waals surface area (Å²) in [4.78, 5) is 73.2. The van der Waals surface area contributed by atoms with Gasteiger partial charge in [-0.1, -0.05) is 388 Å². The second-order valence-corrected chi connectivity index (χ2v) is 33.3. The maximum Gasteiger partial charge on any atom is 0.472 e. The van der Waals surface area contributed by atoms with Gasteiger partial charge in [0.15, 0.2) is 12.2 Å². The van der Waals surface area contributed by atoms with Gasteiger partial charge in [-0.2, -0.15) is 0 Å². The van der Waals surface area contributed by atoms with Crippen LogP contribution >= 0.6 is 15.6 Å². The molecular formula is C83H162O17P2. The van der Waals surface area contributed by atoms with E-state index in [4.69, 9.17) is 37.0 Å². The molecule has 0 aliphatic carbocycles. The summed E-state index contributed by atoms with van der Waals surface area (Å²) < 4.78 is 68.8. The van der Waals surface area contributed by atoms with E-state index in [1.807, 2.05) is 0 Å². The molecule has 7 atom stereocenters. The van der Waals surface area contributed by atoms with E-state index >= 15 is 0 Å². The Morgan fingerprint density at radius 3 is 0.696 bits per heavy atom. The monoisotopic (exact) mass is 1490 g/mol. The van der Waals surface area contributed by atoms with Gasteiger partial charge < -0.3 is 33.8 Å². The van der Waals surface area contributed by atoms with E-state index in [0.29, 0.717) is 25.7 Å². The highest BCUT2D eigenvalue weighted by Crippen LogP contribution is 2.45. The molecule has 0 aromatic carbocycles. The number of esters is 4. The fraction of sp³-hybridized carbons (Fsp3) is 0.952. The normalized spacial score (nSPS) is 14.4. The number of hydrogen-bond acceptors (Lipinski definition) is 15. The quantitative estimate of drug-likeness (QED) is 0.0222. The van der Waals surface area contributed by atoms with E-state index < -0.39 is 97.5 Å². The van der Waals surface area contributed by atoms with Gasteiger partial charge in [0.05, 0.1) is 26.4 Å². The SMILES string of the molecule is CCCCCCCCCCCCCCCCCCCC(=O)OC[C@H](COP(=O)(O)OC[C@@H](O)COP(=O)(O)OC[C@@H](COC(=O)CCCCCCCCCCC(C)CC)OC(=O)CCCCCCCCCCCCCCCCC)OC(=O)CCCCCCCCCCCCCCCCC(C)CC. The van der Waals surface area contributed by atoms with Crippen LogP contribution in [0.4, 0.5) is 0 Å². The van der Waals surface area contributed by atoms with Crippen LogP contribution in [0.5, 0.6) is 0 Å². The highest BCUT2D eigenvalue weighted by atomic mass is 31.2. The zero-order chi connectivity index (χ0) is 74.9. The standard InChI is InChI=1S/C83H162O17P2/c1-7-11-13-15-17-19-21-23-25-26-28-32-36-40-47-53-59-65-80(85)93-71-78(99-82(87)68-62-56-50-42-38-34-30-29-31-35-39-45-51-57-63-75(5)9-3)73-97-101(89,90)95-69-77(84)70-96-102(91,92)98-74-79(72-94-81(86)66-60-54-48-44-43-46-52-58-64-76(6)10-4)100-83(88)67-61-55-49-41-37-33-27-24-22-20-18-16-14-12-8-2/h75-79,84H,7-74H2,1-6H3,(H,89,90)(H,91,92)/t75?,76?,77-,78-,79-/m1/s1. The molecule has 4 unspecified atom stereocenters. The number of phosphoric ester groups is 2. The van der Waals surface area contributed by atoms with Gasteiger partial charge in [-0.3, -0.25) is 37.3 Å². The Balaban J connectivity index is 5.27. The van der Waals surface area contributed by atoms with Crippen LogP contribution in [0.15, 0.2) is 0 Å². The number of rotatable bonds is 82. The molecule has 0 radical (unpaired) electrons. The lowest BCUT2D eigenvalue weighted by atomic mass is 9.99. The van der Waals surface area contributed by atoms with E-state index in [2.05, 4.69) is 41.5 Å². The van der Waals surface area contributed by atoms with Crippen LogP contribution in [0.3, 0.4) is 0 Å². The van der Waals surface area contributed by atoms with E-state index in [0.717, 1.165) is 102 Å². The number of phosphoric acid groups is 2. The third kappa shape index (κ3) is 73.6. The maximum atomic E-state index is 13.1. The van der Waals surface area contributed by atoms with Gasteiger partial charge in [-0.05, 0) is 37.5 Å². The number of carbonyl (C=O) groups excluding carboxylic acids is 4. The molecule has 0 saturated heterocycles. The Morgan fingerprint density at radius 2 is 0.471 bits per heavy atom. The Morgan fingerprint density at radius 1 is 0.275 bits per heavy atom. The third-order valence-corrected chi connectivity index (χ3v) is 22.1. The molecule has 0 rings (SSSR count). The van der Waals surface area contributed by atoms with Crippen LogP contribution in [0.2, 0.25) is 0 Å². The lowest BCUT2D eigenvalue weighted by Crippen LogP contribution is -2.30. The van der Waals surface area contributed by atoms with Crippen LogP contribution in [-0.4, -0.2) is 96.7 Å². The molecule has 0 aromatic rings. The summed E-state index contributed by atoms with van der Waals surface area (Å²) in [6.45, 7) is 9.72. The van der Waals surface area contributed by atoms with Gasteiger partial charge in [0, 0.05) is 25.7 Å². The van der Waals surface area contributed by atoms with Gasteiger partial charge in [-0.25, -0.2) is 9.13 Å². The van der Waals surface area contributed by atoms with Gasteiger partial charge in [0.25, 0.3) is 0 Å². The molecule has 102 heavy (non-hydrogen) atoms. The summed E-state index contributed by atoms with van der Waals surface area (Å²) in [6, 6.07) is 0. The van der Waals surface area contributed by atoms with Gasteiger partial charge in [0.1, 0.15) is 19.3 Å². The first-order chi connectivity index (χ1) is 49.4. The molecule has 17 nitrogen and oxygen atoms in total. The first kappa shape index (κ1) is 100. The average Bonchev–Trinajstić information content (AvgIpc) is 0.949. The summed E-state index contributed by atoms with van der Waals surface area (Å²) in [7, 11) is -9.92. The first-order valence-electron chi connectivity index (χ1n) is 43.1. The zero-order valence-corrected chi connectivity index (χ0v) is 68.7. The largest absolute Gasteiger partial charge is 0.472 e. The molecule has 19 heteroatoms. The second kappa shape index (κ2) is 74.5. The average molecular weight is 1490 g/mol. The molecule has 0 aliphatic rings. The number of unbranched alkanes of at least 4 members (excludes halogenated alkanes) is 50. The van der Waals surface area contributed by atoms with E-state index in [1.54, 1.807) is 0 Å². The molecule has 606 valence electrons. The fourth-order valence-corrected chi connectivity index (χ4v) is 14.4. The smallest absolute Gasteiger partial charge is 0.462 e. The maximum absolute atomic E-state index is 13.1. The topological polar surface area (TPSA) is 237 Å². The number of hydrogen-bond donors (Lipinski definition) is 3. The van der Waals surface area contributed by atoms with Crippen molar-refractivity contribution in [2.45, 2.75) is 458 Å². The highest BCUT2D eigenvalue weighted by molar-refractivity contribution is 7.47. The van der Waals surface area contributed by atoms with Gasteiger partial charge in [-0.15, -0.1) is 0 Å². The van der Waals surface area contributed by atoms with Crippen molar-refractivity contribution < 1.29 is 80.2 Å². The number of ether oxygens (including phenoxy) is 4. The zero-order valence-electron chi connectivity index (χ0n) is 66.9. The number of aliphatic hydroxyl groups excluding tert-OH is 1. The van der Waals surface area contributed by atoms with Crippen molar-refractivity contribution in [1.29, 1.82) is 0 Å². The van der Waals surface area contributed by atoms with Crippen molar-refractivity contribution in [3.63, 3.8) is 0 Å². The Bertz CT molecular complexity index is 1960. The summed E-state index contributed by atoms with van der Waals surface area (Å²) >= 11 is 0. The lowest BCUT2D eigenvalue weighted by molar-refractivity contribution is -0.161. The molecule has 0 aliphatic heterocycles. The summed E-state index contributed by atoms with van der Waals surface area (Å²) in [5.41, 5.74) is 0. The van der Waals surface area contributed by atoms with Gasteiger partial charge >= 0.3 is 39.5 Å². The van der Waals surface area contributed by atoms with E-state index in [9.17, 15) is 43.2 Å². The van der Waals surface area contributed by atoms with E-state index in [-0.39, 0.29) is 25.7 Å². The van der Waals surface area contributed by atoms with Crippen LogP contribution in [0, 0.1) is 11.8 Å². The minimum Gasteiger partial charge on any atom is -0.462 e. The van der Waals surface area contributed by atoms with Crippen LogP contribution < -0.4 is 0 Å². The lowest BCUT2D eigenvalue weighted by Gasteiger charge is -2.21. The van der Waals surface area contributed by atoms with E-state index in [1.165, 1.54) is 257 Å². The highest BCUT2D eigenvalue weighted by Gasteiger charge is 2.30. The fourth-order valence-electron chi connectivity index (χ4n) is 12.8. The summed E-state index contributed by atoms with van der Waals surface area (Å²) in [5, 5.41) is 10.7. The number of carbonyl (C=O) groups is 4. The van der Waals surface area contributed by atoms with Crippen molar-refractivity contribution in [1.82, 2.24) is 0 Å². The number of aliphatic hydroxyl groups is 1. The van der Waals surface area contributed by atoms with Crippen molar-refractivity contribution in [2.24, 2.45) is 11.8 Å². The molecule has 0 amide bonds. The Hall–Kier alpha value is -1.94. The molecular weight excluding hydrogens is 1330 g/mol. The predicted octanol–water partition coefficient (Wildman–Crippen LogP) is 25.1. The minimum absolute atomic E-state index is 0.108. The van der Waals surface area contributed by atoms with Crippen molar-refractivity contribution >= 4 is 39.5 Å². The van der Waals surface area contributed by atoms with Crippen LogP contribution in [0.25, 0.3) is 0 Å². The predicted molar refractivity (Wildman–Crippen MR) is 418 cm³/mol. The van der Waals surface area contributed by atoms with Crippen molar-refractivity contribution in [2.75, 3.05) is 39.6 Å². The molecule has 0 heterocycles. The van der Waals surface area contributed by atoms with Crippen LogP contribution in [0.1, 0.15) is 440 Å². The Labute approximate surface area is 626 Å². The van der Waals surface area contributed by atoms with Gasteiger partial charge in [0.2, 0.25) is 0 Å². The molecule has 0 fully saturated rings. The molecule has 0 spiro atoms. The summed E-state index contributed by atoms with van der Waals surface area (Å²) in [6.07, 6.45) is 65.0. The second-order valence-electron chi connectivity index (χ2n) is 30.4. The van der Waals surface area contributed by atoms with Crippen LogP contribution in [-0.2, 0) is 65.4 Å². The third-order valence-electron chi connectivity index (χ3n) is 20.2. The molecule has 3 N–H and O–H groups in total. The molecule has 0 bridgehead atoms. The first-order valence-corrected chi connectivity index (χ1v) is 46.1. The van der Waals surface area contributed by atoms with Crippen molar-refractivity contribution in [3.8, 4) is 0 Å². The summed E-state index contributed by atoms with van der Waals surface area (Å²) in [5.74, 6) is -0.480. The Kier molecular flexibility index (Phi) is 73.1. The molecule has 0 saturated carbocycles.